The molecule has 2 heteroatoms. The Morgan fingerprint density at radius 3 is 2.85 bits per heavy atom. The highest BCUT2D eigenvalue weighted by Crippen LogP contribution is 1.95. The first-order valence-corrected chi connectivity index (χ1v) is 4.47. The maximum absolute atomic E-state index is 4.85. The van der Waals surface area contributed by atoms with Crippen LogP contribution < -0.4 is 5.32 Å². The van der Waals surface area contributed by atoms with Crippen molar-refractivity contribution < 1.29 is 4.74 Å². The van der Waals surface area contributed by atoms with Crippen LogP contribution in [0.1, 0.15) is 6.92 Å². The molecule has 0 spiro atoms. The minimum atomic E-state index is 0.449. The Hall–Kier alpha value is -1.02. The van der Waals surface area contributed by atoms with Gasteiger partial charge in [0.1, 0.15) is 0 Å². The predicted molar refractivity (Wildman–Crippen MR) is 57.5 cm³/mol. The first-order chi connectivity index (χ1) is 6.31. The lowest BCUT2D eigenvalue weighted by molar-refractivity contribution is 0.233. The van der Waals surface area contributed by atoms with Crippen molar-refractivity contribution in [2.75, 3.05) is 20.3 Å². The fourth-order valence-corrected chi connectivity index (χ4v) is 0.725. The summed E-state index contributed by atoms with van der Waals surface area (Å²) in [4.78, 5) is 0. The summed E-state index contributed by atoms with van der Waals surface area (Å²) in [6.07, 6.45) is 9.95. The molecule has 0 aromatic carbocycles. The average molecular weight is 181 g/mol. The highest BCUT2D eigenvalue weighted by atomic mass is 16.5. The van der Waals surface area contributed by atoms with Crippen molar-refractivity contribution in [3.63, 3.8) is 0 Å². The molecule has 0 heterocycles. The molecule has 1 unspecified atom stereocenters. The molecule has 0 aliphatic heterocycles. The van der Waals surface area contributed by atoms with Gasteiger partial charge in [-0.15, -0.1) is 6.58 Å². The van der Waals surface area contributed by atoms with Gasteiger partial charge in [-0.25, -0.2) is 0 Å². The summed E-state index contributed by atoms with van der Waals surface area (Å²) in [6.45, 7) is 7.30. The Kier molecular flexibility index (Phi) is 8.36. The van der Waals surface area contributed by atoms with E-state index in [1.165, 1.54) is 0 Å². The Labute approximate surface area is 81.0 Å². The molecule has 1 N–H and O–H groups in total. The number of hydrogen-bond acceptors (Lipinski definition) is 2. The van der Waals surface area contributed by atoms with E-state index in [2.05, 4.69) is 31.0 Å². The van der Waals surface area contributed by atoms with E-state index in [9.17, 15) is 0 Å². The van der Waals surface area contributed by atoms with Gasteiger partial charge in [-0.3, -0.25) is 0 Å². The summed E-state index contributed by atoms with van der Waals surface area (Å²) in [7, 11) is 1.68. The molecule has 0 radical (unpaired) electrons. The van der Waals surface area contributed by atoms with Crippen LogP contribution in [-0.4, -0.2) is 20.3 Å². The summed E-state index contributed by atoms with van der Waals surface area (Å²) >= 11 is 0. The summed E-state index contributed by atoms with van der Waals surface area (Å²) in [5.74, 6) is 0.449. The van der Waals surface area contributed by atoms with E-state index in [1.807, 2.05) is 18.4 Å². The Balaban J connectivity index is 3.34. The third kappa shape index (κ3) is 8.89. The third-order valence-electron chi connectivity index (χ3n) is 1.55. The van der Waals surface area contributed by atoms with Crippen LogP contribution in [0.15, 0.2) is 37.1 Å². The van der Waals surface area contributed by atoms with Gasteiger partial charge in [0.15, 0.2) is 0 Å². The molecule has 1 atom stereocenters. The second-order valence-electron chi connectivity index (χ2n) is 2.79. The van der Waals surface area contributed by atoms with Gasteiger partial charge in [0.25, 0.3) is 0 Å². The molecule has 0 bridgehead atoms. The lowest BCUT2D eigenvalue weighted by Gasteiger charge is -1.96. The molecular formula is C11H19NO. The van der Waals surface area contributed by atoms with Crippen LogP contribution in [0.5, 0.6) is 0 Å². The molecular weight excluding hydrogens is 162 g/mol. The van der Waals surface area contributed by atoms with E-state index in [0.29, 0.717) is 12.5 Å². The molecule has 0 aliphatic carbocycles. The molecule has 0 rings (SSSR count). The van der Waals surface area contributed by atoms with Crippen LogP contribution in [0.2, 0.25) is 0 Å². The Morgan fingerprint density at radius 1 is 1.46 bits per heavy atom. The van der Waals surface area contributed by atoms with Gasteiger partial charge in [0.05, 0.1) is 6.61 Å². The van der Waals surface area contributed by atoms with Gasteiger partial charge >= 0.3 is 0 Å². The summed E-state index contributed by atoms with van der Waals surface area (Å²) in [6, 6.07) is 0. The minimum Gasteiger partial charge on any atom is -0.388 e. The fourth-order valence-electron chi connectivity index (χ4n) is 0.725. The molecule has 0 aromatic heterocycles. The minimum absolute atomic E-state index is 0.449. The Morgan fingerprint density at radius 2 is 2.23 bits per heavy atom. The van der Waals surface area contributed by atoms with E-state index < -0.39 is 0 Å². The van der Waals surface area contributed by atoms with Crippen LogP contribution in [0, 0.1) is 5.92 Å². The summed E-state index contributed by atoms with van der Waals surface area (Å²) in [5.41, 5.74) is 0. The molecule has 74 valence electrons. The van der Waals surface area contributed by atoms with Gasteiger partial charge in [0.2, 0.25) is 0 Å². The first-order valence-electron chi connectivity index (χ1n) is 4.47. The van der Waals surface area contributed by atoms with Crippen LogP contribution in [-0.2, 0) is 4.74 Å². The van der Waals surface area contributed by atoms with Crippen LogP contribution in [0.4, 0.5) is 0 Å². The average Bonchev–Trinajstić information content (AvgIpc) is 2.16. The lowest BCUT2D eigenvalue weighted by atomic mass is 10.2. The van der Waals surface area contributed by atoms with Crippen molar-refractivity contribution in [1.29, 1.82) is 0 Å². The van der Waals surface area contributed by atoms with E-state index >= 15 is 0 Å². The van der Waals surface area contributed by atoms with E-state index in [4.69, 9.17) is 4.74 Å². The van der Waals surface area contributed by atoms with Gasteiger partial charge in [0, 0.05) is 13.7 Å². The molecule has 0 fully saturated rings. The van der Waals surface area contributed by atoms with Crippen molar-refractivity contribution >= 4 is 0 Å². The zero-order chi connectivity index (χ0) is 9.94. The number of ether oxygens (including phenoxy) is 1. The monoisotopic (exact) mass is 181 g/mol. The topological polar surface area (TPSA) is 21.3 Å². The van der Waals surface area contributed by atoms with Crippen LogP contribution >= 0.6 is 0 Å². The number of nitrogens with one attached hydrogen (secondary N) is 1. The summed E-state index contributed by atoms with van der Waals surface area (Å²) < 4.78 is 4.85. The van der Waals surface area contributed by atoms with E-state index in [-0.39, 0.29) is 0 Å². The van der Waals surface area contributed by atoms with Crippen LogP contribution in [0.25, 0.3) is 0 Å². The number of allylic oxidation sites excluding steroid dienone is 2. The number of rotatable bonds is 7. The third-order valence-corrected chi connectivity index (χ3v) is 1.55. The molecule has 2 nitrogen and oxygen atoms in total. The second-order valence-corrected chi connectivity index (χ2v) is 2.79. The standard InChI is InChI=1S/C11H19NO/c1-4-11(2)7-5-8-12-9-6-10-13-3/h4-7,9,11-12H,1,8,10H2,2-3H3/b7-5+,9-6+. The van der Waals surface area contributed by atoms with Gasteiger partial charge in [-0.1, -0.05) is 25.2 Å². The van der Waals surface area contributed by atoms with Gasteiger partial charge in [-0.05, 0) is 18.2 Å². The SMILES string of the molecule is C=CC(C)/C=C/CN/C=C/COC. The van der Waals surface area contributed by atoms with Gasteiger partial charge < -0.3 is 10.1 Å². The number of methoxy groups -OCH3 is 1. The predicted octanol–water partition coefficient (Wildman–Crippen LogP) is 2.11. The molecule has 0 saturated heterocycles. The van der Waals surface area contributed by atoms with Crippen molar-refractivity contribution in [2.24, 2.45) is 5.92 Å². The highest BCUT2D eigenvalue weighted by molar-refractivity contribution is 4.96. The maximum atomic E-state index is 4.85. The van der Waals surface area contributed by atoms with Gasteiger partial charge in [-0.2, -0.15) is 0 Å². The molecule has 13 heavy (non-hydrogen) atoms. The maximum Gasteiger partial charge on any atom is 0.0660 e. The van der Waals surface area contributed by atoms with Crippen molar-refractivity contribution in [2.45, 2.75) is 6.92 Å². The normalized spacial score (nSPS) is 13.7. The molecule has 0 aromatic rings. The quantitative estimate of drug-likeness (QED) is 0.480. The smallest absolute Gasteiger partial charge is 0.0660 e. The largest absolute Gasteiger partial charge is 0.388 e. The molecule has 0 amide bonds. The zero-order valence-corrected chi connectivity index (χ0v) is 8.49. The van der Waals surface area contributed by atoms with Crippen LogP contribution in [0.3, 0.4) is 0 Å². The van der Waals surface area contributed by atoms with Crippen molar-refractivity contribution in [3.8, 4) is 0 Å². The first kappa shape index (κ1) is 12.0. The lowest BCUT2D eigenvalue weighted by Crippen LogP contribution is -2.04. The molecule has 0 aliphatic rings. The Bertz CT molecular complexity index is 173. The van der Waals surface area contributed by atoms with Crippen molar-refractivity contribution in [1.82, 2.24) is 5.32 Å². The fraction of sp³-hybridized carbons (Fsp3) is 0.455. The van der Waals surface area contributed by atoms with E-state index in [0.717, 1.165) is 6.54 Å². The second kappa shape index (κ2) is 9.07. The van der Waals surface area contributed by atoms with E-state index in [1.54, 1.807) is 7.11 Å². The summed E-state index contributed by atoms with van der Waals surface area (Å²) in [5, 5.41) is 3.12. The highest BCUT2D eigenvalue weighted by Gasteiger charge is 1.84. The van der Waals surface area contributed by atoms with Crippen molar-refractivity contribution in [3.05, 3.63) is 37.1 Å². The zero-order valence-electron chi connectivity index (χ0n) is 8.49. The number of hydrogen-bond donors (Lipinski definition) is 1. The molecule has 0 saturated carbocycles.